The maximum atomic E-state index is 12.2. The maximum absolute atomic E-state index is 12.2. The molecule has 140 valence electrons. The molecular weight excluding hydrogens is 356 g/mol. The van der Waals surface area contributed by atoms with Crippen LogP contribution in [0.15, 0.2) is 42.5 Å². The van der Waals surface area contributed by atoms with Gasteiger partial charge in [-0.25, -0.2) is 9.59 Å². The Morgan fingerprint density at radius 1 is 0.963 bits per heavy atom. The Balaban J connectivity index is 2.19. The zero-order valence-corrected chi connectivity index (χ0v) is 14.6. The van der Waals surface area contributed by atoms with Gasteiger partial charge in [-0.05, 0) is 23.8 Å². The van der Waals surface area contributed by atoms with Gasteiger partial charge in [-0.3, -0.25) is 14.9 Å². The quantitative estimate of drug-likeness (QED) is 0.469. The summed E-state index contributed by atoms with van der Waals surface area (Å²) in [5.41, 5.74) is 0.852. The standard InChI is InChI=1S/C18H16N2O7/c1-26-17(22)12-8-13(18(23)27-2)10-14(9-12)19-16(21)7-11-3-5-15(6-4-11)20(24)25/h3-6,8-10H,7H2,1-2H3,(H,19,21). The lowest BCUT2D eigenvalue weighted by atomic mass is 10.1. The lowest BCUT2D eigenvalue weighted by Gasteiger charge is -2.09. The third kappa shape index (κ3) is 5.11. The van der Waals surface area contributed by atoms with Gasteiger partial charge in [0.2, 0.25) is 5.91 Å². The molecule has 0 radical (unpaired) electrons. The number of nitro benzene ring substituents is 1. The highest BCUT2D eigenvalue weighted by Gasteiger charge is 2.15. The van der Waals surface area contributed by atoms with E-state index in [1.807, 2.05) is 0 Å². The van der Waals surface area contributed by atoms with Gasteiger partial charge < -0.3 is 14.8 Å². The monoisotopic (exact) mass is 372 g/mol. The summed E-state index contributed by atoms with van der Waals surface area (Å²) >= 11 is 0. The van der Waals surface area contributed by atoms with E-state index in [1.54, 1.807) is 0 Å². The van der Waals surface area contributed by atoms with Crippen molar-refractivity contribution < 1.29 is 28.8 Å². The molecule has 0 spiro atoms. The van der Waals surface area contributed by atoms with Gasteiger partial charge in [0, 0.05) is 17.8 Å². The molecule has 27 heavy (non-hydrogen) atoms. The van der Waals surface area contributed by atoms with Crippen LogP contribution in [0.25, 0.3) is 0 Å². The Kier molecular flexibility index (Phi) is 6.21. The Morgan fingerprint density at radius 2 is 1.48 bits per heavy atom. The highest BCUT2D eigenvalue weighted by atomic mass is 16.6. The van der Waals surface area contributed by atoms with Crippen molar-refractivity contribution in [3.8, 4) is 0 Å². The second-order valence-electron chi connectivity index (χ2n) is 5.43. The van der Waals surface area contributed by atoms with E-state index >= 15 is 0 Å². The number of anilines is 1. The van der Waals surface area contributed by atoms with E-state index in [0.717, 1.165) is 0 Å². The van der Waals surface area contributed by atoms with Crippen molar-refractivity contribution in [2.45, 2.75) is 6.42 Å². The number of nitrogens with one attached hydrogen (secondary N) is 1. The Morgan fingerprint density at radius 3 is 1.93 bits per heavy atom. The molecule has 0 aromatic heterocycles. The minimum atomic E-state index is -0.674. The molecule has 0 saturated heterocycles. The zero-order chi connectivity index (χ0) is 20.0. The molecule has 1 amide bonds. The van der Waals surface area contributed by atoms with Crippen molar-refractivity contribution in [2.75, 3.05) is 19.5 Å². The average molecular weight is 372 g/mol. The van der Waals surface area contributed by atoms with Crippen molar-refractivity contribution in [2.24, 2.45) is 0 Å². The first-order chi connectivity index (χ1) is 12.8. The fraction of sp³-hybridized carbons (Fsp3) is 0.167. The van der Waals surface area contributed by atoms with Crippen LogP contribution >= 0.6 is 0 Å². The fourth-order valence-electron chi connectivity index (χ4n) is 2.30. The number of carbonyl (C=O) groups is 3. The molecule has 0 aliphatic rings. The number of nitrogens with zero attached hydrogens (tertiary/aromatic N) is 1. The molecule has 0 atom stereocenters. The van der Waals surface area contributed by atoms with Crippen LogP contribution in [0.3, 0.4) is 0 Å². The Labute approximate surface area is 154 Å². The lowest BCUT2D eigenvalue weighted by molar-refractivity contribution is -0.384. The van der Waals surface area contributed by atoms with Gasteiger partial charge in [0.25, 0.3) is 5.69 Å². The normalized spacial score (nSPS) is 10.0. The number of rotatable bonds is 6. The van der Waals surface area contributed by atoms with Crippen LogP contribution in [-0.2, 0) is 20.7 Å². The number of hydrogen-bond acceptors (Lipinski definition) is 7. The molecule has 0 aliphatic carbocycles. The van der Waals surface area contributed by atoms with Gasteiger partial charge in [0.1, 0.15) is 0 Å². The van der Waals surface area contributed by atoms with E-state index < -0.39 is 22.8 Å². The molecule has 2 aromatic rings. The van der Waals surface area contributed by atoms with Crippen LogP contribution in [0.1, 0.15) is 26.3 Å². The van der Waals surface area contributed by atoms with Crippen molar-refractivity contribution in [1.29, 1.82) is 0 Å². The number of esters is 2. The van der Waals surface area contributed by atoms with Crippen molar-refractivity contribution in [1.82, 2.24) is 0 Å². The number of amides is 1. The number of ether oxygens (including phenoxy) is 2. The van der Waals surface area contributed by atoms with Gasteiger partial charge in [0.05, 0.1) is 36.7 Å². The van der Waals surface area contributed by atoms with E-state index in [0.29, 0.717) is 5.56 Å². The summed E-state index contributed by atoms with van der Waals surface area (Å²) < 4.78 is 9.26. The highest BCUT2D eigenvalue weighted by Crippen LogP contribution is 2.18. The third-order valence-corrected chi connectivity index (χ3v) is 3.57. The summed E-state index contributed by atoms with van der Waals surface area (Å²) in [6, 6.07) is 9.58. The first kappa shape index (κ1) is 19.6. The fourth-order valence-corrected chi connectivity index (χ4v) is 2.30. The summed E-state index contributed by atoms with van der Waals surface area (Å²) in [4.78, 5) is 45.8. The summed E-state index contributed by atoms with van der Waals surface area (Å²) in [7, 11) is 2.39. The molecular formula is C18H16N2O7. The summed E-state index contributed by atoms with van der Waals surface area (Å²) in [6.45, 7) is 0. The zero-order valence-electron chi connectivity index (χ0n) is 14.6. The van der Waals surface area contributed by atoms with E-state index in [-0.39, 0.29) is 28.9 Å². The smallest absolute Gasteiger partial charge is 0.337 e. The molecule has 2 rings (SSSR count). The number of benzene rings is 2. The number of non-ortho nitro benzene ring substituents is 1. The van der Waals surface area contributed by atoms with E-state index in [4.69, 9.17) is 0 Å². The van der Waals surface area contributed by atoms with Crippen LogP contribution in [-0.4, -0.2) is 37.0 Å². The maximum Gasteiger partial charge on any atom is 0.337 e. The molecule has 0 bridgehead atoms. The van der Waals surface area contributed by atoms with Crippen LogP contribution in [0.5, 0.6) is 0 Å². The predicted molar refractivity (Wildman–Crippen MR) is 94.6 cm³/mol. The molecule has 9 heteroatoms. The average Bonchev–Trinajstić information content (AvgIpc) is 2.66. The number of methoxy groups -OCH3 is 2. The van der Waals surface area contributed by atoms with Crippen LogP contribution in [0, 0.1) is 10.1 Å². The lowest BCUT2D eigenvalue weighted by Crippen LogP contribution is -2.16. The van der Waals surface area contributed by atoms with Crippen molar-refractivity contribution in [3.63, 3.8) is 0 Å². The van der Waals surface area contributed by atoms with Gasteiger partial charge in [-0.15, -0.1) is 0 Å². The van der Waals surface area contributed by atoms with Crippen LogP contribution in [0.2, 0.25) is 0 Å². The molecule has 9 nitrogen and oxygen atoms in total. The summed E-state index contributed by atoms with van der Waals surface area (Å²) in [5, 5.41) is 13.2. The molecule has 0 aliphatic heterocycles. The third-order valence-electron chi connectivity index (χ3n) is 3.57. The van der Waals surface area contributed by atoms with E-state index in [9.17, 15) is 24.5 Å². The predicted octanol–water partition coefficient (Wildman–Crippen LogP) is 2.35. The van der Waals surface area contributed by atoms with Crippen molar-refractivity contribution in [3.05, 3.63) is 69.3 Å². The first-order valence-electron chi connectivity index (χ1n) is 7.69. The molecule has 1 N–H and O–H groups in total. The first-order valence-corrected chi connectivity index (χ1v) is 7.69. The molecule has 0 fully saturated rings. The Bertz CT molecular complexity index is 857. The van der Waals surface area contributed by atoms with Crippen LogP contribution < -0.4 is 5.32 Å². The Hall–Kier alpha value is -3.75. The van der Waals surface area contributed by atoms with Crippen molar-refractivity contribution >= 4 is 29.2 Å². The van der Waals surface area contributed by atoms with Crippen LogP contribution in [0.4, 0.5) is 11.4 Å². The van der Waals surface area contributed by atoms with Gasteiger partial charge in [-0.2, -0.15) is 0 Å². The van der Waals surface area contributed by atoms with E-state index in [1.165, 1.54) is 56.7 Å². The minimum absolute atomic E-state index is 0.0476. The van der Waals surface area contributed by atoms with Gasteiger partial charge in [-0.1, -0.05) is 12.1 Å². The van der Waals surface area contributed by atoms with E-state index in [2.05, 4.69) is 14.8 Å². The second kappa shape index (κ2) is 8.56. The van der Waals surface area contributed by atoms with Gasteiger partial charge >= 0.3 is 11.9 Å². The largest absolute Gasteiger partial charge is 0.465 e. The minimum Gasteiger partial charge on any atom is -0.465 e. The summed E-state index contributed by atoms with van der Waals surface area (Å²) in [5.74, 6) is -1.78. The van der Waals surface area contributed by atoms with Gasteiger partial charge in [0.15, 0.2) is 0 Å². The molecule has 0 unspecified atom stereocenters. The molecule has 0 saturated carbocycles. The topological polar surface area (TPSA) is 125 Å². The second-order valence-corrected chi connectivity index (χ2v) is 5.43. The number of nitro groups is 1. The molecule has 0 heterocycles. The number of carbonyl (C=O) groups excluding carboxylic acids is 3. The number of hydrogen-bond donors (Lipinski definition) is 1. The SMILES string of the molecule is COC(=O)c1cc(NC(=O)Cc2ccc([N+](=O)[O-])cc2)cc(C(=O)OC)c1. The highest BCUT2D eigenvalue weighted by molar-refractivity contribution is 5.99. The summed E-state index contributed by atoms with van der Waals surface area (Å²) in [6.07, 6.45) is -0.0476. The molecule has 2 aromatic carbocycles.